The molecule has 0 atom stereocenters. The molecule has 1 N–H and O–H groups in total. The maximum absolute atomic E-state index is 5.67. The first-order valence-corrected chi connectivity index (χ1v) is 7.34. The maximum Gasteiger partial charge on any atom is 0.118 e. The van der Waals surface area contributed by atoms with Crippen molar-refractivity contribution in [3.8, 4) is 0 Å². The molecule has 1 aromatic rings. The largest absolute Gasteiger partial charge is 0.468 e. The average molecular weight is 265 g/mol. The van der Waals surface area contributed by atoms with E-state index >= 15 is 0 Å². The summed E-state index contributed by atoms with van der Waals surface area (Å²) in [6.45, 7) is 10.8. The van der Waals surface area contributed by atoms with Gasteiger partial charge in [-0.3, -0.25) is 4.90 Å². The van der Waals surface area contributed by atoms with Crippen LogP contribution < -0.4 is 5.32 Å². The monoisotopic (exact) mass is 265 g/mol. The van der Waals surface area contributed by atoms with E-state index < -0.39 is 0 Å². The van der Waals surface area contributed by atoms with Gasteiger partial charge >= 0.3 is 0 Å². The fourth-order valence-corrected chi connectivity index (χ4v) is 2.40. The van der Waals surface area contributed by atoms with Crippen molar-refractivity contribution < 1.29 is 4.42 Å². The van der Waals surface area contributed by atoms with E-state index in [1.165, 1.54) is 25.1 Å². The van der Waals surface area contributed by atoms with Crippen molar-refractivity contribution in [3.63, 3.8) is 0 Å². The van der Waals surface area contributed by atoms with Gasteiger partial charge in [0.15, 0.2) is 0 Å². The van der Waals surface area contributed by atoms with E-state index in [-0.39, 0.29) is 0 Å². The van der Waals surface area contributed by atoms with E-state index in [0.717, 1.165) is 31.9 Å². The molecule has 2 rings (SSSR count). The summed E-state index contributed by atoms with van der Waals surface area (Å²) < 4.78 is 5.67. The van der Waals surface area contributed by atoms with Gasteiger partial charge in [-0.1, -0.05) is 13.8 Å². The quantitative estimate of drug-likeness (QED) is 0.881. The summed E-state index contributed by atoms with van der Waals surface area (Å²) in [4.78, 5) is 4.89. The first-order chi connectivity index (χ1) is 9.13. The minimum atomic E-state index is 0.513. The molecule has 0 bridgehead atoms. The van der Waals surface area contributed by atoms with E-state index in [1.54, 1.807) is 0 Å². The standard InChI is InChI=1S/C15H27N3O/c1-13(2)16-10-14-9-15(19-12-14)11-18-6-4-5-17(3)7-8-18/h9,12-13,16H,4-8,10-11H2,1-3H3. The van der Waals surface area contributed by atoms with Gasteiger partial charge in [0.2, 0.25) is 0 Å². The third kappa shape index (κ3) is 4.97. The number of likely N-dealkylation sites (N-methyl/N-ethyl adjacent to an activating group) is 1. The summed E-state index contributed by atoms with van der Waals surface area (Å²) in [5.74, 6) is 1.09. The summed E-state index contributed by atoms with van der Waals surface area (Å²) in [5, 5.41) is 3.41. The lowest BCUT2D eigenvalue weighted by Crippen LogP contribution is -2.28. The Labute approximate surface area is 116 Å². The lowest BCUT2D eigenvalue weighted by Gasteiger charge is -2.18. The molecule has 1 aliphatic rings. The van der Waals surface area contributed by atoms with Crippen LogP contribution in [-0.2, 0) is 13.1 Å². The summed E-state index contributed by atoms with van der Waals surface area (Å²) in [7, 11) is 2.20. The molecule has 2 heterocycles. The average Bonchev–Trinajstić information content (AvgIpc) is 2.71. The van der Waals surface area contributed by atoms with E-state index in [2.05, 4.69) is 42.1 Å². The van der Waals surface area contributed by atoms with Gasteiger partial charge in [-0.25, -0.2) is 0 Å². The highest BCUT2D eigenvalue weighted by atomic mass is 16.3. The second-order valence-electron chi connectivity index (χ2n) is 5.89. The Hall–Kier alpha value is -0.840. The van der Waals surface area contributed by atoms with Crippen molar-refractivity contribution in [2.45, 2.75) is 39.4 Å². The van der Waals surface area contributed by atoms with Crippen LogP contribution in [0.2, 0.25) is 0 Å². The third-order valence-corrected chi connectivity index (χ3v) is 3.61. The van der Waals surface area contributed by atoms with Gasteiger partial charge in [0, 0.05) is 31.2 Å². The molecule has 1 aliphatic heterocycles. The summed E-state index contributed by atoms with van der Waals surface area (Å²) in [5.41, 5.74) is 1.25. The van der Waals surface area contributed by atoms with Crippen LogP contribution in [0.4, 0.5) is 0 Å². The van der Waals surface area contributed by atoms with Crippen molar-refractivity contribution in [2.24, 2.45) is 0 Å². The zero-order chi connectivity index (χ0) is 13.7. The maximum atomic E-state index is 5.67. The van der Waals surface area contributed by atoms with Gasteiger partial charge in [0.1, 0.15) is 5.76 Å². The third-order valence-electron chi connectivity index (χ3n) is 3.61. The highest BCUT2D eigenvalue weighted by Gasteiger charge is 2.13. The molecule has 108 valence electrons. The Balaban J connectivity index is 1.82. The van der Waals surface area contributed by atoms with Crippen molar-refractivity contribution in [1.29, 1.82) is 0 Å². The van der Waals surface area contributed by atoms with Gasteiger partial charge in [0.25, 0.3) is 0 Å². The minimum Gasteiger partial charge on any atom is -0.468 e. The second kappa shape index (κ2) is 7.08. The number of hydrogen-bond donors (Lipinski definition) is 1. The van der Waals surface area contributed by atoms with Crippen molar-refractivity contribution in [1.82, 2.24) is 15.1 Å². The predicted octanol–water partition coefficient (Wildman–Crippen LogP) is 1.92. The molecule has 1 fully saturated rings. The Bertz CT molecular complexity index is 375. The van der Waals surface area contributed by atoms with Gasteiger partial charge in [-0.15, -0.1) is 0 Å². The zero-order valence-electron chi connectivity index (χ0n) is 12.5. The smallest absolute Gasteiger partial charge is 0.118 e. The molecule has 1 saturated heterocycles. The molecule has 0 unspecified atom stereocenters. The molecule has 0 aliphatic carbocycles. The second-order valence-corrected chi connectivity index (χ2v) is 5.89. The van der Waals surface area contributed by atoms with Crippen LogP contribution in [0.15, 0.2) is 16.7 Å². The minimum absolute atomic E-state index is 0.513. The Morgan fingerprint density at radius 3 is 2.89 bits per heavy atom. The topological polar surface area (TPSA) is 31.7 Å². The SMILES string of the molecule is CC(C)NCc1coc(CN2CCCN(C)CC2)c1. The first-order valence-electron chi connectivity index (χ1n) is 7.34. The van der Waals surface area contributed by atoms with Crippen molar-refractivity contribution in [3.05, 3.63) is 23.7 Å². The lowest BCUT2D eigenvalue weighted by atomic mass is 10.2. The van der Waals surface area contributed by atoms with Crippen LogP contribution in [0.1, 0.15) is 31.6 Å². The van der Waals surface area contributed by atoms with E-state index in [4.69, 9.17) is 4.42 Å². The van der Waals surface area contributed by atoms with Crippen LogP contribution in [-0.4, -0.2) is 49.1 Å². The van der Waals surface area contributed by atoms with Crippen LogP contribution in [0.3, 0.4) is 0 Å². The lowest BCUT2D eigenvalue weighted by molar-refractivity contribution is 0.249. The van der Waals surface area contributed by atoms with Gasteiger partial charge in [-0.05, 0) is 32.6 Å². The fourth-order valence-electron chi connectivity index (χ4n) is 2.40. The molecular weight excluding hydrogens is 238 g/mol. The molecule has 19 heavy (non-hydrogen) atoms. The summed E-state index contributed by atoms with van der Waals surface area (Å²) >= 11 is 0. The van der Waals surface area contributed by atoms with Gasteiger partial charge in [-0.2, -0.15) is 0 Å². The normalized spacial score (nSPS) is 18.9. The predicted molar refractivity (Wildman–Crippen MR) is 78.1 cm³/mol. The number of furan rings is 1. The number of rotatable bonds is 5. The molecule has 0 aromatic carbocycles. The number of hydrogen-bond acceptors (Lipinski definition) is 4. The van der Waals surface area contributed by atoms with Crippen LogP contribution in [0.5, 0.6) is 0 Å². The van der Waals surface area contributed by atoms with Crippen LogP contribution in [0, 0.1) is 0 Å². The fraction of sp³-hybridized carbons (Fsp3) is 0.733. The van der Waals surface area contributed by atoms with Gasteiger partial charge < -0.3 is 14.6 Å². The number of nitrogens with zero attached hydrogens (tertiary/aromatic N) is 2. The highest BCUT2D eigenvalue weighted by Crippen LogP contribution is 2.12. The van der Waals surface area contributed by atoms with Crippen LogP contribution >= 0.6 is 0 Å². The van der Waals surface area contributed by atoms with Gasteiger partial charge in [0.05, 0.1) is 12.8 Å². The Kier molecular flexibility index (Phi) is 5.43. The summed E-state index contributed by atoms with van der Waals surface area (Å²) in [6.07, 6.45) is 3.13. The Morgan fingerprint density at radius 2 is 2.11 bits per heavy atom. The molecule has 0 radical (unpaired) electrons. The highest BCUT2D eigenvalue weighted by molar-refractivity contribution is 5.12. The first kappa shape index (κ1) is 14.6. The molecular formula is C15H27N3O. The molecule has 1 aromatic heterocycles. The number of nitrogens with one attached hydrogen (secondary N) is 1. The van der Waals surface area contributed by atoms with Crippen molar-refractivity contribution in [2.75, 3.05) is 33.2 Å². The molecule has 4 heteroatoms. The van der Waals surface area contributed by atoms with Crippen molar-refractivity contribution >= 4 is 0 Å². The van der Waals surface area contributed by atoms with E-state index in [0.29, 0.717) is 6.04 Å². The molecule has 0 spiro atoms. The summed E-state index contributed by atoms with van der Waals surface area (Å²) in [6, 6.07) is 2.70. The van der Waals surface area contributed by atoms with Crippen LogP contribution in [0.25, 0.3) is 0 Å². The molecule has 0 saturated carbocycles. The molecule has 4 nitrogen and oxygen atoms in total. The van der Waals surface area contributed by atoms with E-state index in [9.17, 15) is 0 Å². The zero-order valence-corrected chi connectivity index (χ0v) is 12.5. The van der Waals surface area contributed by atoms with E-state index in [1.807, 2.05) is 6.26 Å². The molecule has 0 amide bonds. The Morgan fingerprint density at radius 1 is 1.26 bits per heavy atom.